The molecule has 5 heteroatoms. The maximum absolute atomic E-state index is 12.8. The first-order valence-electron chi connectivity index (χ1n) is 3.50. The van der Waals surface area contributed by atoms with Crippen LogP contribution in [0.15, 0.2) is 22.7 Å². The van der Waals surface area contributed by atoms with E-state index in [9.17, 15) is 4.39 Å². The molecule has 0 bridgehead atoms. The lowest BCUT2D eigenvalue weighted by atomic mass is 10.3. The summed E-state index contributed by atoms with van der Waals surface area (Å²) in [6.45, 7) is -0.0319. The van der Waals surface area contributed by atoms with E-state index in [1.807, 2.05) is 0 Å². The second-order valence-electron chi connectivity index (χ2n) is 2.42. The quantitative estimate of drug-likeness (QED) is 0.633. The Morgan fingerprint density at radius 3 is 2.77 bits per heavy atom. The normalized spacial score (nSPS) is 9.69. The van der Waals surface area contributed by atoms with Gasteiger partial charge in [-0.3, -0.25) is 5.41 Å². The summed E-state index contributed by atoms with van der Waals surface area (Å²) in [4.78, 5) is 0. The Morgan fingerprint density at radius 2 is 2.23 bits per heavy atom. The second kappa shape index (κ2) is 4.23. The van der Waals surface area contributed by atoms with Crippen molar-refractivity contribution in [2.75, 3.05) is 6.61 Å². The summed E-state index contributed by atoms with van der Waals surface area (Å²) in [5.74, 6) is -0.143. The van der Waals surface area contributed by atoms with Crippen LogP contribution in [0.1, 0.15) is 0 Å². The number of halogens is 2. The first-order valence-corrected chi connectivity index (χ1v) is 4.29. The van der Waals surface area contributed by atoms with Crippen LogP contribution < -0.4 is 10.5 Å². The predicted molar refractivity (Wildman–Crippen MR) is 51.5 cm³/mol. The number of benzene rings is 1. The molecule has 0 amide bonds. The van der Waals surface area contributed by atoms with Gasteiger partial charge in [-0.1, -0.05) is 15.9 Å². The summed E-state index contributed by atoms with van der Waals surface area (Å²) in [6.07, 6.45) is 0. The lowest BCUT2D eigenvalue weighted by molar-refractivity contribution is 0.371. The van der Waals surface area contributed by atoms with Crippen LogP contribution >= 0.6 is 15.9 Å². The number of hydrogen-bond acceptors (Lipinski definition) is 2. The Labute approximate surface area is 83.3 Å². The van der Waals surface area contributed by atoms with Crippen LogP contribution in [-0.4, -0.2) is 12.4 Å². The molecule has 0 spiro atoms. The average Bonchev–Trinajstić information content (AvgIpc) is 1.99. The summed E-state index contributed by atoms with van der Waals surface area (Å²) < 4.78 is 18.4. The highest BCUT2D eigenvalue weighted by atomic mass is 79.9. The van der Waals surface area contributed by atoms with Gasteiger partial charge in [0.05, 0.1) is 0 Å². The highest BCUT2D eigenvalue weighted by Crippen LogP contribution is 2.20. The maximum atomic E-state index is 12.8. The molecule has 70 valence electrons. The van der Waals surface area contributed by atoms with E-state index in [4.69, 9.17) is 15.9 Å². The topological polar surface area (TPSA) is 59.1 Å². The molecule has 0 radical (unpaired) electrons. The average molecular weight is 247 g/mol. The molecule has 0 aliphatic heterocycles. The summed E-state index contributed by atoms with van der Waals surface area (Å²) in [7, 11) is 0. The van der Waals surface area contributed by atoms with E-state index in [1.54, 1.807) is 6.07 Å². The first kappa shape index (κ1) is 9.98. The van der Waals surface area contributed by atoms with Crippen molar-refractivity contribution >= 4 is 21.8 Å². The summed E-state index contributed by atoms with van der Waals surface area (Å²) >= 11 is 3.12. The molecule has 3 N–H and O–H groups in total. The molecule has 1 aromatic carbocycles. The molecule has 0 heterocycles. The Hall–Kier alpha value is -1.10. The van der Waals surface area contributed by atoms with Crippen molar-refractivity contribution in [1.82, 2.24) is 0 Å². The molecule has 0 saturated carbocycles. The smallest absolute Gasteiger partial charge is 0.145 e. The molecular weight excluding hydrogens is 239 g/mol. The largest absolute Gasteiger partial charge is 0.486 e. The molecule has 1 aromatic rings. The molecule has 0 fully saturated rings. The van der Waals surface area contributed by atoms with Crippen molar-refractivity contribution in [3.05, 3.63) is 28.5 Å². The van der Waals surface area contributed by atoms with Crippen LogP contribution in [0.3, 0.4) is 0 Å². The van der Waals surface area contributed by atoms with Crippen LogP contribution in [0.2, 0.25) is 0 Å². The molecule has 0 aliphatic carbocycles. The standard InChI is InChI=1S/C8H8BrFN2O/c9-5-1-6(10)3-7(2-5)13-4-8(11)12/h1-3H,4H2,(H3,11,12). The Bertz CT molecular complexity index is 310. The van der Waals surface area contributed by atoms with E-state index in [2.05, 4.69) is 15.9 Å². The minimum absolute atomic E-state index is 0.0319. The van der Waals surface area contributed by atoms with Crippen molar-refractivity contribution in [1.29, 1.82) is 5.41 Å². The molecule has 0 saturated heterocycles. The van der Waals surface area contributed by atoms with E-state index >= 15 is 0 Å². The lowest BCUT2D eigenvalue weighted by Crippen LogP contribution is -2.19. The van der Waals surface area contributed by atoms with Gasteiger partial charge >= 0.3 is 0 Å². The van der Waals surface area contributed by atoms with Crippen LogP contribution in [0.4, 0.5) is 4.39 Å². The van der Waals surface area contributed by atoms with Gasteiger partial charge in [-0.15, -0.1) is 0 Å². The summed E-state index contributed by atoms with van der Waals surface area (Å²) in [5, 5.41) is 6.90. The molecular formula is C8H8BrFN2O. The van der Waals surface area contributed by atoms with Gasteiger partial charge in [0.15, 0.2) is 0 Å². The zero-order valence-electron chi connectivity index (χ0n) is 6.68. The van der Waals surface area contributed by atoms with Crippen molar-refractivity contribution < 1.29 is 9.13 Å². The lowest BCUT2D eigenvalue weighted by Gasteiger charge is -2.04. The third-order valence-corrected chi connectivity index (χ3v) is 1.69. The molecule has 0 aliphatic rings. The number of amidine groups is 1. The zero-order valence-corrected chi connectivity index (χ0v) is 8.27. The monoisotopic (exact) mass is 246 g/mol. The van der Waals surface area contributed by atoms with Gasteiger partial charge in [0, 0.05) is 10.5 Å². The van der Waals surface area contributed by atoms with Crippen LogP contribution in [0, 0.1) is 11.2 Å². The number of hydrogen-bond donors (Lipinski definition) is 2. The molecule has 3 nitrogen and oxygen atoms in total. The Morgan fingerprint density at radius 1 is 1.54 bits per heavy atom. The van der Waals surface area contributed by atoms with Crippen LogP contribution in [0.25, 0.3) is 0 Å². The van der Waals surface area contributed by atoms with Crippen LogP contribution in [0.5, 0.6) is 5.75 Å². The highest BCUT2D eigenvalue weighted by Gasteiger charge is 2.00. The van der Waals surface area contributed by atoms with Gasteiger partial charge in [0.25, 0.3) is 0 Å². The second-order valence-corrected chi connectivity index (χ2v) is 3.33. The first-order chi connectivity index (χ1) is 6.08. The van der Waals surface area contributed by atoms with Gasteiger partial charge in [-0.25, -0.2) is 4.39 Å². The predicted octanol–water partition coefficient (Wildman–Crippen LogP) is 1.90. The third-order valence-electron chi connectivity index (χ3n) is 1.23. The minimum atomic E-state index is -0.395. The van der Waals surface area contributed by atoms with Crippen LogP contribution in [-0.2, 0) is 0 Å². The maximum Gasteiger partial charge on any atom is 0.145 e. The van der Waals surface area contributed by atoms with E-state index < -0.39 is 5.82 Å². The fraction of sp³-hybridized carbons (Fsp3) is 0.125. The zero-order chi connectivity index (χ0) is 9.84. The van der Waals surface area contributed by atoms with Crippen molar-refractivity contribution in [2.24, 2.45) is 5.73 Å². The molecule has 0 atom stereocenters. The van der Waals surface area contributed by atoms with E-state index in [1.165, 1.54) is 12.1 Å². The van der Waals surface area contributed by atoms with Gasteiger partial charge in [0.2, 0.25) is 0 Å². The SMILES string of the molecule is N=C(N)COc1cc(F)cc(Br)c1. The van der Waals surface area contributed by atoms with Gasteiger partial charge in [0.1, 0.15) is 24.0 Å². The molecule has 0 unspecified atom stereocenters. The number of rotatable bonds is 3. The van der Waals surface area contributed by atoms with Gasteiger partial charge in [-0.05, 0) is 12.1 Å². The van der Waals surface area contributed by atoms with E-state index in [0.717, 1.165) is 0 Å². The summed E-state index contributed by atoms with van der Waals surface area (Å²) in [5.41, 5.74) is 5.07. The molecule has 1 rings (SSSR count). The van der Waals surface area contributed by atoms with Gasteiger partial charge < -0.3 is 10.5 Å². The van der Waals surface area contributed by atoms with E-state index in [0.29, 0.717) is 10.2 Å². The fourth-order valence-corrected chi connectivity index (χ4v) is 1.22. The number of nitrogens with one attached hydrogen (secondary N) is 1. The van der Waals surface area contributed by atoms with Crippen molar-refractivity contribution in [3.63, 3.8) is 0 Å². The minimum Gasteiger partial charge on any atom is -0.486 e. The summed E-state index contributed by atoms with van der Waals surface area (Å²) in [6, 6.07) is 4.15. The highest BCUT2D eigenvalue weighted by molar-refractivity contribution is 9.10. The fourth-order valence-electron chi connectivity index (χ4n) is 0.773. The Balaban J connectivity index is 2.71. The Kier molecular flexibility index (Phi) is 3.25. The third kappa shape index (κ3) is 3.42. The number of nitrogens with two attached hydrogens (primary N) is 1. The molecule has 0 aromatic heterocycles. The van der Waals surface area contributed by atoms with Crippen molar-refractivity contribution in [3.8, 4) is 5.75 Å². The molecule has 13 heavy (non-hydrogen) atoms. The van der Waals surface area contributed by atoms with Gasteiger partial charge in [-0.2, -0.15) is 0 Å². The van der Waals surface area contributed by atoms with E-state index in [-0.39, 0.29) is 12.4 Å². The van der Waals surface area contributed by atoms with Crippen molar-refractivity contribution in [2.45, 2.75) is 0 Å². The number of ether oxygens (including phenoxy) is 1.